The zero-order valence-electron chi connectivity index (χ0n) is 11.4. The number of nitrogens with two attached hydrogens (primary N) is 1. The van der Waals surface area contributed by atoms with Crippen LogP contribution in [-0.2, 0) is 0 Å². The number of nitrogens with one attached hydrogen (secondary N) is 1. The number of hydrogen-bond acceptors (Lipinski definition) is 3. The van der Waals surface area contributed by atoms with Gasteiger partial charge in [0.05, 0.1) is 5.52 Å². The number of pyridine rings is 1. The molecule has 0 atom stereocenters. The minimum Gasteiger partial charge on any atom is -0.474 e. The van der Waals surface area contributed by atoms with Gasteiger partial charge in [0.2, 0.25) is 5.88 Å². The zero-order chi connectivity index (χ0) is 13.9. The summed E-state index contributed by atoms with van der Waals surface area (Å²) in [5.41, 5.74) is 7.20. The van der Waals surface area contributed by atoms with E-state index in [9.17, 15) is 0 Å². The largest absolute Gasteiger partial charge is 0.474 e. The molecular formula is C16H19N3O. The van der Waals surface area contributed by atoms with Crippen LogP contribution in [0.5, 0.6) is 5.88 Å². The van der Waals surface area contributed by atoms with Gasteiger partial charge >= 0.3 is 0 Å². The molecule has 0 saturated heterocycles. The van der Waals surface area contributed by atoms with Crippen LogP contribution in [0.1, 0.15) is 37.7 Å². The lowest BCUT2D eigenvalue weighted by atomic mass is 9.98. The summed E-state index contributed by atoms with van der Waals surface area (Å²) in [5.74, 6) is 0.637. The van der Waals surface area contributed by atoms with Crippen LogP contribution in [0.25, 0.3) is 10.9 Å². The second-order valence-corrected chi connectivity index (χ2v) is 5.32. The number of rotatable bonds is 3. The van der Waals surface area contributed by atoms with Crippen molar-refractivity contribution in [2.75, 3.05) is 0 Å². The molecule has 1 aromatic carbocycles. The van der Waals surface area contributed by atoms with E-state index in [0.29, 0.717) is 11.4 Å². The standard InChI is InChI=1S/C16H19N3O/c17-16(18)13-10-15(20-11-6-2-1-3-7-11)19-14-9-5-4-8-12(13)14/h4-5,8-11H,1-3,6-7H2,(H3,17,18). The average Bonchev–Trinajstić information content (AvgIpc) is 2.47. The van der Waals surface area contributed by atoms with E-state index >= 15 is 0 Å². The van der Waals surface area contributed by atoms with Crippen molar-refractivity contribution < 1.29 is 4.74 Å². The molecule has 0 spiro atoms. The number of nitrogen functional groups attached to an aromatic ring is 1. The first-order chi connectivity index (χ1) is 9.74. The van der Waals surface area contributed by atoms with Crippen LogP contribution in [0.3, 0.4) is 0 Å². The summed E-state index contributed by atoms with van der Waals surface area (Å²) in [6.07, 6.45) is 6.16. The van der Waals surface area contributed by atoms with Gasteiger partial charge in [-0.05, 0) is 31.7 Å². The Bertz CT molecular complexity index is 633. The fourth-order valence-electron chi connectivity index (χ4n) is 2.79. The van der Waals surface area contributed by atoms with Crippen molar-refractivity contribution in [1.29, 1.82) is 5.41 Å². The van der Waals surface area contributed by atoms with Crippen molar-refractivity contribution in [2.45, 2.75) is 38.2 Å². The van der Waals surface area contributed by atoms with E-state index < -0.39 is 0 Å². The maximum absolute atomic E-state index is 7.73. The fourth-order valence-corrected chi connectivity index (χ4v) is 2.79. The van der Waals surface area contributed by atoms with E-state index in [1.54, 1.807) is 6.07 Å². The van der Waals surface area contributed by atoms with Crippen LogP contribution in [0.2, 0.25) is 0 Å². The molecule has 20 heavy (non-hydrogen) atoms. The lowest BCUT2D eigenvalue weighted by Gasteiger charge is -2.22. The number of benzene rings is 1. The van der Waals surface area contributed by atoms with Gasteiger partial charge in [0.15, 0.2) is 0 Å². The van der Waals surface area contributed by atoms with E-state index in [1.165, 1.54) is 19.3 Å². The molecule has 0 amide bonds. The van der Waals surface area contributed by atoms with E-state index in [2.05, 4.69) is 4.98 Å². The van der Waals surface area contributed by atoms with E-state index in [4.69, 9.17) is 15.9 Å². The Hall–Kier alpha value is -2.10. The summed E-state index contributed by atoms with van der Waals surface area (Å²) in [4.78, 5) is 4.54. The first kappa shape index (κ1) is 12.9. The first-order valence-electron chi connectivity index (χ1n) is 7.15. The van der Waals surface area contributed by atoms with Gasteiger partial charge in [-0.15, -0.1) is 0 Å². The van der Waals surface area contributed by atoms with E-state index in [1.807, 2.05) is 24.3 Å². The Morgan fingerprint density at radius 2 is 1.95 bits per heavy atom. The minimum absolute atomic E-state index is 0.0529. The smallest absolute Gasteiger partial charge is 0.214 e. The zero-order valence-corrected chi connectivity index (χ0v) is 11.4. The van der Waals surface area contributed by atoms with Gasteiger partial charge in [0.1, 0.15) is 11.9 Å². The van der Waals surface area contributed by atoms with Crippen molar-refractivity contribution >= 4 is 16.7 Å². The highest BCUT2D eigenvalue weighted by molar-refractivity contribution is 6.06. The monoisotopic (exact) mass is 269 g/mol. The number of amidine groups is 1. The number of para-hydroxylation sites is 1. The molecule has 1 fully saturated rings. The highest BCUT2D eigenvalue weighted by Crippen LogP contribution is 2.26. The molecule has 104 valence electrons. The molecule has 4 heteroatoms. The predicted molar refractivity (Wildman–Crippen MR) is 80.3 cm³/mol. The van der Waals surface area contributed by atoms with Crippen LogP contribution in [0, 0.1) is 5.41 Å². The predicted octanol–water partition coefficient (Wildman–Crippen LogP) is 3.23. The first-order valence-corrected chi connectivity index (χ1v) is 7.15. The molecule has 3 rings (SSSR count). The van der Waals surface area contributed by atoms with Gasteiger partial charge in [-0.1, -0.05) is 24.6 Å². The maximum Gasteiger partial charge on any atom is 0.214 e. The van der Waals surface area contributed by atoms with Crippen LogP contribution in [-0.4, -0.2) is 16.9 Å². The quantitative estimate of drug-likeness (QED) is 0.663. The molecule has 1 saturated carbocycles. The molecule has 1 aliphatic carbocycles. The molecule has 4 nitrogen and oxygen atoms in total. The second-order valence-electron chi connectivity index (χ2n) is 5.32. The number of nitrogens with zero attached hydrogens (tertiary/aromatic N) is 1. The maximum atomic E-state index is 7.73. The highest BCUT2D eigenvalue weighted by atomic mass is 16.5. The molecule has 0 aliphatic heterocycles. The Labute approximate surface area is 118 Å². The van der Waals surface area contributed by atoms with Crippen LogP contribution < -0.4 is 10.5 Å². The molecule has 0 bridgehead atoms. The number of fused-ring (bicyclic) bond motifs is 1. The molecule has 3 N–H and O–H groups in total. The third-order valence-electron chi connectivity index (χ3n) is 3.82. The molecule has 1 aliphatic rings. The molecular weight excluding hydrogens is 250 g/mol. The lowest BCUT2D eigenvalue weighted by Crippen LogP contribution is -2.21. The van der Waals surface area contributed by atoms with Crippen molar-refractivity contribution in [3.05, 3.63) is 35.9 Å². The topological polar surface area (TPSA) is 72.0 Å². The minimum atomic E-state index is 0.0529. The van der Waals surface area contributed by atoms with Gasteiger partial charge in [-0.3, -0.25) is 5.41 Å². The van der Waals surface area contributed by atoms with Crippen LogP contribution >= 0.6 is 0 Å². The molecule has 0 radical (unpaired) electrons. The summed E-state index contributed by atoms with van der Waals surface area (Å²) in [5, 5.41) is 8.63. The number of aromatic nitrogens is 1. The van der Waals surface area contributed by atoms with Gasteiger partial charge < -0.3 is 10.5 Å². The summed E-state index contributed by atoms with van der Waals surface area (Å²) in [7, 11) is 0. The van der Waals surface area contributed by atoms with Crippen molar-refractivity contribution in [3.8, 4) is 5.88 Å². The molecule has 1 aromatic heterocycles. The fraction of sp³-hybridized carbons (Fsp3) is 0.375. The third kappa shape index (κ3) is 2.59. The summed E-state index contributed by atoms with van der Waals surface area (Å²) in [6, 6.07) is 9.51. The number of hydrogen-bond donors (Lipinski definition) is 2. The summed E-state index contributed by atoms with van der Waals surface area (Å²) in [6.45, 7) is 0. The van der Waals surface area contributed by atoms with Crippen molar-refractivity contribution in [1.82, 2.24) is 4.98 Å². The Balaban J connectivity index is 1.96. The van der Waals surface area contributed by atoms with Gasteiger partial charge in [-0.2, -0.15) is 0 Å². The van der Waals surface area contributed by atoms with E-state index in [0.717, 1.165) is 23.7 Å². The summed E-state index contributed by atoms with van der Waals surface area (Å²) < 4.78 is 5.99. The Kier molecular flexibility index (Phi) is 3.54. The third-order valence-corrected chi connectivity index (χ3v) is 3.82. The van der Waals surface area contributed by atoms with Gasteiger partial charge in [-0.25, -0.2) is 4.98 Å². The highest BCUT2D eigenvalue weighted by Gasteiger charge is 2.17. The van der Waals surface area contributed by atoms with Crippen molar-refractivity contribution in [2.24, 2.45) is 5.73 Å². The molecule has 1 heterocycles. The van der Waals surface area contributed by atoms with E-state index in [-0.39, 0.29) is 11.9 Å². The van der Waals surface area contributed by atoms with Gasteiger partial charge in [0, 0.05) is 17.0 Å². The van der Waals surface area contributed by atoms with Gasteiger partial charge in [0.25, 0.3) is 0 Å². The lowest BCUT2D eigenvalue weighted by molar-refractivity contribution is 0.149. The molecule has 0 unspecified atom stereocenters. The molecule has 2 aromatic rings. The second kappa shape index (κ2) is 5.49. The van der Waals surface area contributed by atoms with Crippen LogP contribution in [0.4, 0.5) is 0 Å². The summed E-state index contributed by atoms with van der Waals surface area (Å²) >= 11 is 0. The van der Waals surface area contributed by atoms with Crippen LogP contribution in [0.15, 0.2) is 30.3 Å². The Morgan fingerprint density at radius 1 is 1.20 bits per heavy atom. The number of ether oxygens (including phenoxy) is 1. The average molecular weight is 269 g/mol. The SMILES string of the molecule is N=C(N)c1cc(OC2CCCCC2)nc2ccccc12. The Morgan fingerprint density at radius 3 is 2.70 bits per heavy atom. The van der Waals surface area contributed by atoms with Crippen molar-refractivity contribution in [3.63, 3.8) is 0 Å². The normalized spacial score (nSPS) is 16.2.